The molecule has 0 bridgehead atoms. The number of nitrogens with two attached hydrogens (primary N) is 2. The van der Waals surface area contributed by atoms with Gasteiger partial charge >= 0.3 is 42.4 Å². The van der Waals surface area contributed by atoms with Crippen molar-refractivity contribution in [2.24, 2.45) is 29.2 Å². The molecule has 11 atom stereocenters. The van der Waals surface area contributed by atoms with Gasteiger partial charge in [0.2, 0.25) is 0 Å². The quantitative estimate of drug-likeness (QED) is 0.00745. The number of Topliss-reactive ketones (excluding diaryl/α,β-unsaturated/α-hetero) is 2. The lowest BCUT2D eigenvalue weighted by Gasteiger charge is -2.22. The van der Waals surface area contributed by atoms with Gasteiger partial charge in [0.15, 0.2) is 23.8 Å². The molecule has 720 valence electrons. The maximum atomic E-state index is 12.0. The third kappa shape index (κ3) is 61.2. The summed E-state index contributed by atoms with van der Waals surface area (Å²) in [6, 6.07) is 44.8. The van der Waals surface area contributed by atoms with Crippen molar-refractivity contribution in [2.45, 2.75) is 296 Å². The van der Waals surface area contributed by atoms with Gasteiger partial charge in [-0.2, -0.15) is 5.26 Å². The maximum absolute atomic E-state index is 12.0. The lowest BCUT2D eigenvalue weighted by molar-refractivity contribution is -0.171. The number of aliphatic carboxylic acids is 2. The average Bonchev–Trinajstić information content (AvgIpc) is 1.84. The summed E-state index contributed by atoms with van der Waals surface area (Å²) in [7, 11) is 6.18. The first-order valence-corrected chi connectivity index (χ1v) is 44.3. The average molecular weight is 1810 g/mol. The molecular formula is C95H146N10O24. The number of hydrogen-bond acceptors (Lipinski definition) is 26. The van der Waals surface area contributed by atoms with Gasteiger partial charge in [0.05, 0.1) is 38.4 Å². The summed E-state index contributed by atoms with van der Waals surface area (Å²) in [6.07, 6.45) is 11.0. The molecule has 0 saturated heterocycles. The first kappa shape index (κ1) is 118. The smallest absolute Gasteiger partial charge is 0.408 e. The van der Waals surface area contributed by atoms with E-state index in [9.17, 15) is 73.2 Å². The molecule has 5 aromatic carbocycles. The normalized spacial score (nSPS) is 14.3. The van der Waals surface area contributed by atoms with Crippen LogP contribution in [-0.4, -0.2) is 197 Å². The van der Waals surface area contributed by atoms with Crippen molar-refractivity contribution < 1.29 is 117 Å². The second-order valence-corrected chi connectivity index (χ2v) is 30.8. The Morgan fingerprint density at radius 3 is 1.05 bits per heavy atom. The van der Waals surface area contributed by atoms with Crippen LogP contribution in [0.4, 0.5) is 24.0 Å². The maximum Gasteiger partial charge on any atom is 0.408 e. The van der Waals surface area contributed by atoms with Gasteiger partial charge in [-0.3, -0.25) is 19.2 Å². The van der Waals surface area contributed by atoms with E-state index < -0.39 is 97.0 Å². The van der Waals surface area contributed by atoms with Crippen LogP contribution in [0.1, 0.15) is 224 Å². The Labute approximate surface area is 761 Å². The van der Waals surface area contributed by atoms with E-state index in [1.807, 2.05) is 200 Å². The van der Waals surface area contributed by atoms with E-state index in [4.69, 9.17) is 55.5 Å². The number of nitrogens with one attached hydrogen (secondary N) is 6. The molecule has 0 heterocycles. The highest BCUT2D eigenvalue weighted by Gasteiger charge is 2.32. The molecule has 0 spiro atoms. The van der Waals surface area contributed by atoms with E-state index in [0.29, 0.717) is 75.7 Å². The number of aliphatic hydroxyl groups is 4. The third-order valence-electron chi connectivity index (χ3n) is 19.2. The summed E-state index contributed by atoms with van der Waals surface area (Å²) >= 11 is 0. The molecule has 3 saturated carbocycles. The molecule has 0 aromatic heterocycles. The van der Waals surface area contributed by atoms with Gasteiger partial charge in [0.1, 0.15) is 63.6 Å². The molecule has 0 radical (unpaired) electrons. The number of aliphatic hydroxyl groups excluding tert-OH is 4. The molecule has 3 aliphatic rings. The van der Waals surface area contributed by atoms with E-state index in [-0.39, 0.29) is 62.5 Å². The Kier molecular flexibility index (Phi) is 67.6. The number of nitriles is 1. The molecule has 0 aliphatic heterocycles. The number of ether oxygens (including phenoxy) is 5. The zero-order valence-corrected chi connectivity index (χ0v) is 77.3. The van der Waals surface area contributed by atoms with E-state index in [1.165, 1.54) is 39.8 Å². The van der Waals surface area contributed by atoms with Gasteiger partial charge in [-0.15, -0.1) is 0 Å². The minimum Gasteiger partial charge on any atom is -0.480 e. The van der Waals surface area contributed by atoms with Crippen molar-refractivity contribution >= 4 is 66.2 Å². The summed E-state index contributed by atoms with van der Waals surface area (Å²) in [4.78, 5) is 134. The van der Waals surface area contributed by atoms with Crippen LogP contribution in [0.25, 0.3) is 0 Å². The molecule has 8 rings (SSSR count). The number of amides is 6. The summed E-state index contributed by atoms with van der Waals surface area (Å²) in [5.74, 6) is -1.47. The second-order valence-electron chi connectivity index (χ2n) is 30.8. The second kappa shape index (κ2) is 73.9. The number of carboxylic acid groups (broad SMARTS) is 2. The van der Waals surface area contributed by atoms with Crippen molar-refractivity contribution in [3.8, 4) is 6.07 Å². The van der Waals surface area contributed by atoms with Gasteiger partial charge in [0.25, 0.3) is 5.91 Å². The van der Waals surface area contributed by atoms with Crippen molar-refractivity contribution in [3.63, 3.8) is 0 Å². The topological polar surface area (TPSA) is 525 Å². The van der Waals surface area contributed by atoms with Crippen LogP contribution < -0.4 is 43.5 Å². The highest BCUT2D eigenvalue weighted by Crippen LogP contribution is 2.34. The standard InChI is InChI=1S/C15H22N2O4.C14H18N2O3.C14H19NO5.C13H17NO4.C13H17NO3.C11H20O2.C10H19NO2.C3H7N.C2H7NO/c1-4-8-13(14(18)17(2)20-3)16-15(19)21-11-12-9-6-5-7-10-12;1-2-6-12(13(17)9-15)16-14(18)19-10-11-7-4-3-5-8-11;1-2-6-11(12(16)13(17)18)15-14(19)20-9-10-7-4-3-5-8-10;1-2-6-11(12(15)16)14-13(17)18-9-10-7-4-3-5-8-10;1-2-6-12(9-15)14-13(16)17-10-11-7-4-3-5-8-11;1-3-4-8(2)11(13)10(12)7-9-5-6-9;1-2-3-8(11)10(13)9(12)6-7-4-5-7;4-3-1-2-3;1-3-4-2/h5-7,9-10,13H,4,8,11H2,1-3H3,(H,16,19);3-5,7-8,12-13,17H,2,6,10H2,1H3,(H,16,18);3-5,7-8,11-12,16H,2,6,9H2,1H3,(H,15,19)(H,17,18);3-5,7-8,11H,2,6,9H2,1H3,(H,14,17)(H,15,16);3-5,7-9,12H,2,6,10H2,1H3,(H,14,16);8-9,11,13H,3-7H2,1-2H3;7-8,10,13H,2-6,11H2,1H3;3H,1-2,4H2;3H,1-2H3/t13-;12-,13?;11-,12?;11-;12-;8-,11?;8-,10?;;/m0000000../s1. The minimum atomic E-state index is -1.64. The predicted molar refractivity (Wildman–Crippen MR) is 488 cm³/mol. The molecular weight excluding hydrogens is 1670 g/mol. The fourth-order valence-electron chi connectivity index (χ4n) is 11.2. The Balaban J connectivity index is 0.00000147. The van der Waals surface area contributed by atoms with Crippen molar-refractivity contribution in [1.29, 1.82) is 5.26 Å². The number of likely N-dealkylation sites (N-methyl/N-ethyl adjacent to an activating group) is 1. The molecule has 3 aliphatic carbocycles. The number of hydroxylamine groups is 3. The first-order valence-electron chi connectivity index (χ1n) is 44.3. The van der Waals surface area contributed by atoms with E-state index in [0.717, 1.165) is 97.0 Å². The summed E-state index contributed by atoms with van der Waals surface area (Å²) in [5, 5.41) is 77.8. The summed E-state index contributed by atoms with van der Waals surface area (Å²) < 4.78 is 25.1. The van der Waals surface area contributed by atoms with Gasteiger partial charge in [-0.05, 0) is 129 Å². The SMILES string of the molecule is CCC[C@@H](C=O)NC(=O)OCc1ccccc1.CCC[C@H](C)C(O)C(=O)CC1CC1.CCC[C@H](N)C(O)C(=O)CC1CC1.CCC[C@H](NC(=O)OCc1ccccc1)C(=O)N(C)OC.CCC[C@H](NC(=O)OCc1ccccc1)C(=O)O.CCC[C@H](NC(=O)OCc1ccccc1)C(O)C#N.CCC[C@H](NC(=O)OCc1ccccc1)C(O)C(=O)O.CNOC.NC1CC1. The predicted octanol–water partition coefficient (Wildman–Crippen LogP) is 12.9. The van der Waals surface area contributed by atoms with Gasteiger partial charge in [-0.25, -0.2) is 44.1 Å². The molecule has 5 aromatic rings. The number of benzene rings is 5. The molecule has 3 fully saturated rings. The molecule has 6 amide bonds. The van der Waals surface area contributed by atoms with Crippen LogP contribution in [0, 0.1) is 29.1 Å². The number of carbonyl (C=O) groups excluding carboxylic acids is 9. The van der Waals surface area contributed by atoms with E-state index >= 15 is 0 Å². The van der Waals surface area contributed by atoms with Crippen molar-refractivity contribution in [1.82, 2.24) is 37.1 Å². The number of carboxylic acids is 2. The number of ketones is 2. The number of hydrogen-bond donors (Lipinski definition) is 14. The highest BCUT2D eigenvalue weighted by atomic mass is 16.7. The van der Waals surface area contributed by atoms with Crippen LogP contribution in [0.15, 0.2) is 152 Å². The monoisotopic (exact) mass is 1810 g/mol. The Bertz CT molecular complexity index is 3830. The molecule has 34 nitrogen and oxygen atoms in total. The Morgan fingerprint density at radius 1 is 0.450 bits per heavy atom. The summed E-state index contributed by atoms with van der Waals surface area (Å²) in [6.45, 7) is 16.3. The van der Waals surface area contributed by atoms with Crippen molar-refractivity contribution in [2.75, 3.05) is 28.3 Å². The Hall–Kier alpha value is -11.0. The van der Waals surface area contributed by atoms with Gasteiger partial charge < -0.3 is 102 Å². The zero-order chi connectivity index (χ0) is 96.7. The highest BCUT2D eigenvalue weighted by molar-refractivity contribution is 5.85. The number of nitrogens with zero attached hydrogens (tertiary/aromatic N) is 2. The molecule has 129 heavy (non-hydrogen) atoms. The van der Waals surface area contributed by atoms with Crippen LogP contribution in [0.2, 0.25) is 0 Å². The van der Waals surface area contributed by atoms with Crippen molar-refractivity contribution in [3.05, 3.63) is 179 Å². The first-order chi connectivity index (χ1) is 61.8. The van der Waals surface area contributed by atoms with Gasteiger partial charge in [-0.1, -0.05) is 252 Å². The van der Waals surface area contributed by atoms with E-state index in [1.54, 1.807) is 20.2 Å². The number of aldehydes is 1. The number of carbonyl (C=O) groups is 11. The molecule has 34 heteroatoms. The fourth-order valence-corrected chi connectivity index (χ4v) is 11.2. The van der Waals surface area contributed by atoms with Crippen LogP contribution in [-0.2, 0) is 95.2 Å². The van der Waals surface area contributed by atoms with E-state index in [2.05, 4.69) is 43.8 Å². The summed E-state index contributed by atoms with van der Waals surface area (Å²) in [5.41, 5.74) is 17.7. The third-order valence-corrected chi connectivity index (χ3v) is 19.2. The van der Waals surface area contributed by atoms with Crippen LogP contribution >= 0.6 is 0 Å². The number of rotatable bonds is 45. The zero-order valence-electron chi connectivity index (χ0n) is 77.3. The minimum absolute atomic E-state index is 0.0588. The Morgan fingerprint density at radius 2 is 0.760 bits per heavy atom. The lowest BCUT2D eigenvalue weighted by Crippen LogP contribution is -2.47. The van der Waals surface area contributed by atoms with Crippen LogP contribution in [0.5, 0.6) is 0 Å². The van der Waals surface area contributed by atoms with Gasteiger partial charge in [0, 0.05) is 39.0 Å². The molecule has 4 unspecified atom stereocenters. The lowest BCUT2D eigenvalue weighted by atomic mass is 9.94. The van der Waals surface area contributed by atoms with Crippen LogP contribution in [0.3, 0.4) is 0 Å². The number of alkyl carbamates (subject to hydrolysis) is 5. The largest absolute Gasteiger partial charge is 0.480 e. The fraction of sp³-hybridized carbons (Fsp3) is 0.558. The molecule has 16 N–H and O–H groups in total.